The minimum absolute atomic E-state index is 0.757. The second-order valence-electron chi connectivity index (χ2n) is 6.01. The molecule has 17 heavy (non-hydrogen) atoms. The molecule has 0 spiro atoms. The molecule has 2 rings (SSSR count). The van der Waals surface area contributed by atoms with Crippen molar-refractivity contribution >= 4 is 0 Å². The topological polar surface area (TPSA) is 12.0 Å². The molecule has 1 saturated carbocycles. The molecular weight excluding hydrogens is 206 g/mol. The minimum Gasteiger partial charge on any atom is -0.316 e. The van der Waals surface area contributed by atoms with Gasteiger partial charge in [0.1, 0.15) is 0 Å². The van der Waals surface area contributed by atoms with Gasteiger partial charge in [-0.15, -0.1) is 0 Å². The Morgan fingerprint density at radius 3 is 2.76 bits per heavy atom. The zero-order valence-electron chi connectivity index (χ0n) is 11.6. The molecule has 0 amide bonds. The predicted octanol–water partition coefficient (Wildman–Crippen LogP) is 3.65. The van der Waals surface area contributed by atoms with Gasteiger partial charge in [0.25, 0.3) is 0 Å². The van der Waals surface area contributed by atoms with Crippen molar-refractivity contribution in [2.45, 2.75) is 40.0 Å². The molecule has 1 aromatic carbocycles. The van der Waals surface area contributed by atoms with E-state index in [0.29, 0.717) is 0 Å². The lowest BCUT2D eigenvalue weighted by molar-refractivity contribution is 0.532. The van der Waals surface area contributed by atoms with E-state index in [4.69, 9.17) is 0 Å². The molecular formula is C16H25N. The van der Waals surface area contributed by atoms with Crippen LogP contribution < -0.4 is 5.32 Å². The fraction of sp³-hybridized carbons (Fsp3) is 0.625. The van der Waals surface area contributed by atoms with E-state index in [0.717, 1.165) is 24.3 Å². The highest BCUT2D eigenvalue weighted by molar-refractivity contribution is 5.36. The van der Waals surface area contributed by atoms with Crippen LogP contribution in [0, 0.1) is 25.7 Å². The van der Waals surface area contributed by atoms with E-state index in [2.05, 4.69) is 51.2 Å². The fourth-order valence-electron chi connectivity index (χ4n) is 2.57. The van der Waals surface area contributed by atoms with Crippen molar-refractivity contribution < 1.29 is 0 Å². The number of aryl methyl sites for hydroxylation is 2. The molecule has 1 aliphatic rings. The van der Waals surface area contributed by atoms with Gasteiger partial charge in [-0.05, 0) is 62.2 Å². The Hall–Kier alpha value is -0.820. The van der Waals surface area contributed by atoms with Crippen LogP contribution in [-0.2, 0) is 0 Å². The summed E-state index contributed by atoms with van der Waals surface area (Å²) in [6.45, 7) is 11.3. The Balaban J connectivity index is 1.87. The van der Waals surface area contributed by atoms with E-state index < -0.39 is 0 Å². The smallest absolute Gasteiger partial charge is 0.00143 e. The molecule has 0 bridgehead atoms. The Kier molecular flexibility index (Phi) is 3.88. The molecule has 0 aliphatic heterocycles. The molecule has 1 fully saturated rings. The Bertz CT molecular complexity index is 381. The molecule has 1 N–H and O–H groups in total. The largest absolute Gasteiger partial charge is 0.316 e. The molecule has 1 nitrogen and oxygen atoms in total. The number of hydrogen-bond donors (Lipinski definition) is 1. The third kappa shape index (κ3) is 3.32. The molecule has 2 atom stereocenters. The molecule has 0 radical (unpaired) electrons. The Morgan fingerprint density at radius 1 is 1.29 bits per heavy atom. The molecule has 1 heteroatoms. The molecule has 0 aromatic heterocycles. The zero-order chi connectivity index (χ0) is 12.4. The third-order valence-electron chi connectivity index (χ3n) is 3.72. The summed E-state index contributed by atoms with van der Waals surface area (Å²) in [5.41, 5.74) is 4.44. The Morgan fingerprint density at radius 2 is 2.06 bits per heavy atom. The summed E-state index contributed by atoms with van der Waals surface area (Å²) in [6, 6.07) is 6.86. The monoisotopic (exact) mass is 231 g/mol. The van der Waals surface area contributed by atoms with Crippen LogP contribution >= 0.6 is 0 Å². The van der Waals surface area contributed by atoms with E-state index in [-0.39, 0.29) is 0 Å². The minimum atomic E-state index is 0.757. The van der Waals surface area contributed by atoms with Gasteiger partial charge >= 0.3 is 0 Å². The highest BCUT2D eigenvalue weighted by atomic mass is 14.9. The average Bonchev–Trinajstić information content (AvgIpc) is 3.00. The quantitative estimate of drug-likeness (QED) is 0.815. The number of benzene rings is 1. The van der Waals surface area contributed by atoms with Crippen LogP contribution in [-0.4, -0.2) is 13.1 Å². The second-order valence-corrected chi connectivity index (χ2v) is 6.01. The molecule has 0 saturated heterocycles. The normalized spacial score (nSPS) is 23.1. The lowest BCUT2D eigenvalue weighted by Crippen LogP contribution is -2.22. The van der Waals surface area contributed by atoms with E-state index in [1.165, 1.54) is 24.1 Å². The van der Waals surface area contributed by atoms with Crippen molar-refractivity contribution in [1.29, 1.82) is 0 Å². The van der Waals surface area contributed by atoms with E-state index >= 15 is 0 Å². The molecule has 1 aliphatic carbocycles. The van der Waals surface area contributed by atoms with E-state index in [1.54, 1.807) is 5.56 Å². The zero-order valence-corrected chi connectivity index (χ0v) is 11.6. The van der Waals surface area contributed by atoms with Crippen LogP contribution in [0.2, 0.25) is 0 Å². The average molecular weight is 231 g/mol. The summed E-state index contributed by atoms with van der Waals surface area (Å²) in [6.07, 6.45) is 1.37. The van der Waals surface area contributed by atoms with Crippen molar-refractivity contribution in [3.05, 3.63) is 34.9 Å². The maximum Gasteiger partial charge on any atom is -0.00143 e. The number of hydrogen-bond acceptors (Lipinski definition) is 1. The van der Waals surface area contributed by atoms with Gasteiger partial charge in [-0.1, -0.05) is 37.6 Å². The van der Waals surface area contributed by atoms with Crippen molar-refractivity contribution in [2.24, 2.45) is 11.8 Å². The van der Waals surface area contributed by atoms with Crippen molar-refractivity contribution in [2.75, 3.05) is 13.1 Å². The summed E-state index contributed by atoms with van der Waals surface area (Å²) in [7, 11) is 0. The maximum absolute atomic E-state index is 3.58. The summed E-state index contributed by atoms with van der Waals surface area (Å²) in [4.78, 5) is 0. The van der Waals surface area contributed by atoms with Crippen molar-refractivity contribution in [1.82, 2.24) is 5.32 Å². The predicted molar refractivity (Wildman–Crippen MR) is 74.5 cm³/mol. The summed E-state index contributed by atoms with van der Waals surface area (Å²) < 4.78 is 0. The van der Waals surface area contributed by atoms with Crippen LogP contribution in [0.4, 0.5) is 0 Å². The van der Waals surface area contributed by atoms with Crippen LogP contribution in [0.15, 0.2) is 18.2 Å². The van der Waals surface area contributed by atoms with Crippen LogP contribution in [0.3, 0.4) is 0 Å². The van der Waals surface area contributed by atoms with E-state index in [1.807, 2.05) is 0 Å². The summed E-state index contributed by atoms with van der Waals surface area (Å²) in [5, 5.41) is 3.58. The first kappa shape index (κ1) is 12.6. The fourth-order valence-corrected chi connectivity index (χ4v) is 2.57. The van der Waals surface area contributed by atoms with Gasteiger partial charge in [0.2, 0.25) is 0 Å². The van der Waals surface area contributed by atoms with Gasteiger partial charge in [0.05, 0.1) is 0 Å². The van der Waals surface area contributed by atoms with Crippen molar-refractivity contribution in [3.63, 3.8) is 0 Å². The lowest BCUT2D eigenvalue weighted by atomic mass is 10.0. The number of rotatable bonds is 5. The number of nitrogens with one attached hydrogen (secondary N) is 1. The van der Waals surface area contributed by atoms with Gasteiger partial charge in [-0.3, -0.25) is 0 Å². The molecule has 1 aromatic rings. The standard InChI is InChI=1S/C16H25N/c1-11(2)9-17-10-14-8-16(14)15-7-12(3)5-6-13(15)4/h5-7,11,14,16-17H,8-10H2,1-4H3. The molecule has 0 heterocycles. The third-order valence-corrected chi connectivity index (χ3v) is 3.72. The van der Waals surface area contributed by atoms with Gasteiger partial charge in [-0.2, -0.15) is 0 Å². The van der Waals surface area contributed by atoms with Crippen LogP contribution in [0.5, 0.6) is 0 Å². The first-order valence-corrected chi connectivity index (χ1v) is 6.85. The first-order valence-electron chi connectivity index (χ1n) is 6.85. The van der Waals surface area contributed by atoms with Crippen LogP contribution in [0.25, 0.3) is 0 Å². The van der Waals surface area contributed by atoms with Crippen LogP contribution in [0.1, 0.15) is 42.9 Å². The van der Waals surface area contributed by atoms with Gasteiger partial charge in [-0.25, -0.2) is 0 Å². The second kappa shape index (κ2) is 5.22. The highest BCUT2D eigenvalue weighted by Gasteiger charge is 2.38. The maximum atomic E-state index is 3.58. The van der Waals surface area contributed by atoms with E-state index in [9.17, 15) is 0 Å². The molecule has 2 unspecified atom stereocenters. The molecule has 94 valence electrons. The SMILES string of the molecule is Cc1ccc(C)c(C2CC2CNCC(C)C)c1. The van der Waals surface area contributed by atoms with Gasteiger partial charge in [0, 0.05) is 0 Å². The summed E-state index contributed by atoms with van der Waals surface area (Å²) in [5.74, 6) is 2.44. The van der Waals surface area contributed by atoms with Gasteiger partial charge < -0.3 is 5.32 Å². The van der Waals surface area contributed by atoms with Gasteiger partial charge in [0.15, 0.2) is 0 Å². The lowest BCUT2D eigenvalue weighted by Gasteiger charge is -2.09. The summed E-state index contributed by atoms with van der Waals surface area (Å²) >= 11 is 0. The Labute approximate surface area is 106 Å². The van der Waals surface area contributed by atoms with Crippen molar-refractivity contribution in [3.8, 4) is 0 Å². The highest BCUT2D eigenvalue weighted by Crippen LogP contribution is 2.48. The first-order chi connectivity index (χ1) is 8.08.